The molecule has 3 N–H and O–H groups in total. The number of nitrogens with one attached hydrogen (secondary N) is 3. The first kappa shape index (κ1) is 14.6. The fourth-order valence-electron chi connectivity index (χ4n) is 0.992. The molecular formula is C11H21N3O2. The van der Waals surface area contributed by atoms with Gasteiger partial charge in [-0.05, 0) is 20.8 Å². The van der Waals surface area contributed by atoms with Gasteiger partial charge in [-0.15, -0.1) is 6.58 Å². The highest BCUT2D eigenvalue weighted by Crippen LogP contribution is 1.96. The smallest absolute Gasteiger partial charge is 0.239 e. The molecule has 0 heterocycles. The molecule has 0 aliphatic rings. The fourth-order valence-corrected chi connectivity index (χ4v) is 0.992. The van der Waals surface area contributed by atoms with Crippen molar-refractivity contribution in [3.8, 4) is 0 Å². The Balaban J connectivity index is 3.67. The molecule has 0 fully saturated rings. The van der Waals surface area contributed by atoms with Gasteiger partial charge in [0.25, 0.3) is 0 Å². The van der Waals surface area contributed by atoms with Crippen LogP contribution in [0.2, 0.25) is 0 Å². The molecule has 0 rings (SSSR count). The van der Waals surface area contributed by atoms with Gasteiger partial charge < -0.3 is 16.0 Å². The van der Waals surface area contributed by atoms with E-state index in [1.165, 1.54) is 0 Å². The molecule has 92 valence electrons. The van der Waals surface area contributed by atoms with Crippen LogP contribution in [0, 0.1) is 0 Å². The fraction of sp³-hybridized carbons (Fsp3) is 0.636. The molecule has 0 atom stereocenters. The van der Waals surface area contributed by atoms with E-state index in [0.717, 1.165) is 0 Å². The van der Waals surface area contributed by atoms with Crippen LogP contribution in [0.25, 0.3) is 0 Å². The van der Waals surface area contributed by atoms with Crippen LogP contribution >= 0.6 is 0 Å². The lowest BCUT2D eigenvalue weighted by molar-refractivity contribution is -0.126. The summed E-state index contributed by atoms with van der Waals surface area (Å²) in [4.78, 5) is 22.5. The molecule has 0 aromatic carbocycles. The zero-order chi connectivity index (χ0) is 12.6. The van der Waals surface area contributed by atoms with Crippen LogP contribution < -0.4 is 16.0 Å². The summed E-state index contributed by atoms with van der Waals surface area (Å²) < 4.78 is 0. The topological polar surface area (TPSA) is 70.2 Å². The first-order valence-corrected chi connectivity index (χ1v) is 5.24. The normalized spacial score (nSPS) is 10.7. The monoisotopic (exact) mass is 227 g/mol. The Labute approximate surface area is 96.7 Å². The highest BCUT2D eigenvalue weighted by atomic mass is 16.2. The third-order valence-electron chi connectivity index (χ3n) is 1.53. The maximum Gasteiger partial charge on any atom is 0.239 e. The number of hydrogen-bond donors (Lipinski definition) is 3. The minimum Gasteiger partial charge on any atom is -0.350 e. The van der Waals surface area contributed by atoms with Gasteiger partial charge >= 0.3 is 0 Å². The molecule has 0 aromatic heterocycles. The summed E-state index contributed by atoms with van der Waals surface area (Å²) >= 11 is 0. The van der Waals surface area contributed by atoms with E-state index in [-0.39, 0.29) is 30.4 Å². The largest absolute Gasteiger partial charge is 0.350 e. The minimum atomic E-state index is -0.275. The number of carbonyl (C=O) groups excluding carboxylic acids is 2. The third-order valence-corrected chi connectivity index (χ3v) is 1.53. The third kappa shape index (κ3) is 9.21. The Bertz CT molecular complexity index is 256. The lowest BCUT2D eigenvalue weighted by Gasteiger charge is -2.20. The Morgan fingerprint density at radius 2 is 1.81 bits per heavy atom. The predicted molar refractivity (Wildman–Crippen MR) is 64.0 cm³/mol. The average Bonchev–Trinajstić information content (AvgIpc) is 2.12. The van der Waals surface area contributed by atoms with Crippen LogP contribution in [0.1, 0.15) is 20.8 Å². The molecule has 5 heteroatoms. The van der Waals surface area contributed by atoms with E-state index < -0.39 is 0 Å². The molecule has 0 radical (unpaired) electrons. The minimum absolute atomic E-state index is 0.00583. The summed E-state index contributed by atoms with van der Waals surface area (Å²) in [5.74, 6) is -0.393. The van der Waals surface area contributed by atoms with Crippen molar-refractivity contribution in [3.63, 3.8) is 0 Å². The van der Waals surface area contributed by atoms with Crippen LogP contribution in [0.5, 0.6) is 0 Å². The van der Waals surface area contributed by atoms with Crippen molar-refractivity contribution in [2.24, 2.45) is 0 Å². The van der Waals surface area contributed by atoms with E-state index in [1.54, 1.807) is 6.08 Å². The Hall–Kier alpha value is -1.36. The lowest BCUT2D eigenvalue weighted by Crippen LogP contribution is -2.47. The predicted octanol–water partition coefficient (Wildman–Crippen LogP) is -0.207. The Morgan fingerprint density at radius 3 is 2.31 bits per heavy atom. The molecule has 2 amide bonds. The number of carbonyl (C=O) groups is 2. The molecule has 0 aromatic rings. The summed E-state index contributed by atoms with van der Waals surface area (Å²) in [6, 6.07) is 0. The Kier molecular flexibility index (Phi) is 6.41. The zero-order valence-electron chi connectivity index (χ0n) is 10.2. The lowest BCUT2D eigenvalue weighted by atomic mass is 10.1. The van der Waals surface area contributed by atoms with Gasteiger partial charge in [0.15, 0.2) is 0 Å². The summed E-state index contributed by atoms with van der Waals surface area (Å²) in [5, 5.41) is 8.11. The van der Waals surface area contributed by atoms with E-state index in [2.05, 4.69) is 22.5 Å². The van der Waals surface area contributed by atoms with Crippen LogP contribution in [-0.4, -0.2) is 37.0 Å². The van der Waals surface area contributed by atoms with Crippen molar-refractivity contribution in [2.45, 2.75) is 26.3 Å². The van der Waals surface area contributed by atoms with Crippen LogP contribution in [0.3, 0.4) is 0 Å². The molecule has 0 saturated heterocycles. The van der Waals surface area contributed by atoms with Crippen LogP contribution in [-0.2, 0) is 9.59 Å². The standard InChI is InChI=1S/C11H21N3O2/c1-5-6-12-7-9(15)13-8-10(16)14-11(2,3)4/h5,12H,1,6-8H2,2-4H3,(H,13,15)(H,14,16). The van der Waals surface area contributed by atoms with Crippen molar-refractivity contribution >= 4 is 11.8 Å². The van der Waals surface area contributed by atoms with Gasteiger partial charge in [-0.3, -0.25) is 9.59 Å². The van der Waals surface area contributed by atoms with Crippen molar-refractivity contribution in [2.75, 3.05) is 19.6 Å². The second kappa shape index (κ2) is 7.00. The molecule has 16 heavy (non-hydrogen) atoms. The SMILES string of the molecule is C=CCNCC(=O)NCC(=O)NC(C)(C)C. The van der Waals surface area contributed by atoms with Gasteiger partial charge in [-0.2, -0.15) is 0 Å². The van der Waals surface area contributed by atoms with Gasteiger partial charge in [0.2, 0.25) is 11.8 Å². The number of rotatable bonds is 6. The molecule has 0 bridgehead atoms. The zero-order valence-corrected chi connectivity index (χ0v) is 10.2. The maximum atomic E-state index is 11.3. The van der Waals surface area contributed by atoms with Crippen LogP contribution in [0.15, 0.2) is 12.7 Å². The van der Waals surface area contributed by atoms with Crippen molar-refractivity contribution in [3.05, 3.63) is 12.7 Å². The molecule has 0 unspecified atom stereocenters. The van der Waals surface area contributed by atoms with Crippen LogP contribution in [0.4, 0.5) is 0 Å². The molecule has 5 nitrogen and oxygen atoms in total. The van der Waals surface area contributed by atoms with E-state index in [4.69, 9.17) is 0 Å². The summed E-state index contributed by atoms with van der Waals surface area (Å²) in [6.07, 6.45) is 1.67. The number of amides is 2. The molecule has 0 saturated carbocycles. The second-order valence-electron chi connectivity index (χ2n) is 4.49. The van der Waals surface area contributed by atoms with E-state index >= 15 is 0 Å². The molecular weight excluding hydrogens is 206 g/mol. The maximum absolute atomic E-state index is 11.3. The van der Waals surface area contributed by atoms with Gasteiger partial charge in [-0.25, -0.2) is 0 Å². The van der Waals surface area contributed by atoms with E-state index in [1.807, 2.05) is 20.8 Å². The molecule has 0 spiro atoms. The summed E-state index contributed by atoms with van der Waals surface area (Å²) in [7, 11) is 0. The van der Waals surface area contributed by atoms with Crippen molar-refractivity contribution in [1.29, 1.82) is 0 Å². The van der Waals surface area contributed by atoms with Gasteiger partial charge in [-0.1, -0.05) is 6.08 Å². The Morgan fingerprint density at radius 1 is 1.19 bits per heavy atom. The molecule has 0 aliphatic heterocycles. The second-order valence-corrected chi connectivity index (χ2v) is 4.49. The highest BCUT2D eigenvalue weighted by molar-refractivity contribution is 5.85. The quantitative estimate of drug-likeness (QED) is 0.434. The van der Waals surface area contributed by atoms with E-state index in [9.17, 15) is 9.59 Å². The van der Waals surface area contributed by atoms with Gasteiger partial charge in [0, 0.05) is 12.1 Å². The van der Waals surface area contributed by atoms with Gasteiger partial charge in [0.05, 0.1) is 13.1 Å². The highest BCUT2D eigenvalue weighted by Gasteiger charge is 2.13. The number of hydrogen-bond acceptors (Lipinski definition) is 3. The first-order chi connectivity index (χ1) is 7.35. The molecule has 0 aliphatic carbocycles. The summed E-state index contributed by atoms with van der Waals surface area (Å²) in [5.41, 5.74) is -0.275. The average molecular weight is 227 g/mol. The van der Waals surface area contributed by atoms with Crippen molar-refractivity contribution in [1.82, 2.24) is 16.0 Å². The first-order valence-electron chi connectivity index (χ1n) is 5.24. The van der Waals surface area contributed by atoms with Gasteiger partial charge in [0.1, 0.15) is 0 Å². The van der Waals surface area contributed by atoms with Crippen molar-refractivity contribution < 1.29 is 9.59 Å². The summed E-state index contributed by atoms with van der Waals surface area (Å²) in [6.45, 7) is 9.94. The van der Waals surface area contributed by atoms with E-state index in [0.29, 0.717) is 6.54 Å².